The maximum absolute atomic E-state index is 12.5. The number of ether oxygens (including phenoxy) is 2. The molecule has 1 heterocycles. The lowest BCUT2D eigenvalue weighted by Gasteiger charge is -2.32. The molecule has 0 amide bonds. The van der Waals surface area contributed by atoms with Gasteiger partial charge in [0.1, 0.15) is 17.0 Å². The molecule has 0 spiro atoms. The number of nitrogens with two attached hydrogens (primary N) is 1. The third-order valence-corrected chi connectivity index (χ3v) is 4.89. The largest absolute Gasteiger partial charge is 0.456 e. The number of hydrogen-bond acceptors (Lipinski definition) is 6. The topological polar surface area (TPSA) is 81.9 Å². The summed E-state index contributed by atoms with van der Waals surface area (Å²) in [5.74, 6) is -1.07. The van der Waals surface area contributed by atoms with Crippen LogP contribution in [-0.2, 0) is 9.47 Å². The molecule has 1 saturated heterocycles. The number of carbonyl (C=O) groups is 2. The van der Waals surface area contributed by atoms with Crippen LogP contribution in [0.4, 0.5) is 10.1 Å². The Kier molecular flexibility index (Phi) is 9.21. The van der Waals surface area contributed by atoms with Crippen LogP contribution in [0.3, 0.4) is 0 Å². The number of anilines is 1. The van der Waals surface area contributed by atoms with E-state index in [9.17, 15) is 14.0 Å². The summed E-state index contributed by atoms with van der Waals surface area (Å²) in [7, 11) is 0. The van der Waals surface area contributed by atoms with E-state index in [1.165, 1.54) is 24.3 Å². The average Bonchev–Trinajstić information content (AvgIpc) is 2.73. The van der Waals surface area contributed by atoms with E-state index in [0.717, 1.165) is 31.6 Å². The molecule has 7 heteroatoms. The molecule has 0 saturated carbocycles. The monoisotopic (exact) mass is 472 g/mol. The Hall–Kier alpha value is -2.93. The number of halogens is 1. The molecule has 0 aromatic heterocycles. The van der Waals surface area contributed by atoms with Crippen molar-refractivity contribution in [2.75, 3.05) is 18.0 Å². The molecule has 3 rings (SSSR count). The summed E-state index contributed by atoms with van der Waals surface area (Å²) in [6.07, 6.45) is 2.04. The first-order chi connectivity index (χ1) is 15.7. The quantitative estimate of drug-likeness (QED) is 0.607. The second-order valence-corrected chi connectivity index (χ2v) is 10.4. The van der Waals surface area contributed by atoms with Gasteiger partial charge in [-0.15, -0.1) is 0 Å². The van der Waals surface area contributed by atoms with Gasteiger partial charge < -0.3 is 20.1 Å². The molecule has 34 heavy (non-hydrogen) atoms. The predicted octanol–water partition coefficient (Wildman–Crippen LogP) is 5.35. The Morgan fingerprint density at radius 1 is 0.794 bits per heavy atom. The van der Waals surface area contributed by atoms with E-state index in [2.05, 4.69) is 4.90 Å². The Bertz CT molecular complexity index is 937. The Balaban J connectivity index is 0.000000257. The third kappa shape index (κ3) is 9.51. The van der Waals surface area contributed by atoms with Crippen molar-refractivity contribution >= 4 is 17.6 Å². The molecule has 6 nitrogen and oxygen atoms in total. The van der Waals surface area contributed by atoms with Crippen LogP contribution in [0.5, 0.6) is 0 Å². The second-order valence-electron chi connectivity index (χ2n) is 10.4. The first-order valence-electron chi connectivity index (χ1n) is 11.6. The maximum Gasteiger partial charge on any atom is 0.338 e. The zero-order valence-corrected chi connectivity index (χ0v) is 21.1. The van der Waals surface area contributed by atoms with Crippen LogP contribution in [0.15, 0.2) is 48.5 Å². The molecular formula is C27H37FN2O4. The number of nitrogens with zero attached hydrogens (tertiary/aromatic N) is 1. The lowest BCUT2D eigenvalue weighted by Crippen LogP contribution is -2.39. The van der Waals surface area contributed by atoms with Crippen LogP contribution in [-0.4, -0.2) is 42.3 Å². The third-order valence-electron chi connectivity index (χ3n) is 4.89. The number of esters is 2. The molecule has 0 unspecified atom stereocenters. The Labute approximate surface area is 202 Å². The molecule has 2 N–H and O–H groups in total. The van der Waals surface area contributed by atoms with Gasteiger partial charge in [-0.05, 0) is 103 Å². The molecule has 0 bridgehead atoms. The van der Waals surface area contributed by atoms with E-state index in [1.807, 2.05) is 45.0 Å². The lowest BCUT2D eigenvalue weighted by molar-refractivity contribution is 0.00570. The highest BCUT2D eigenvalue weighted by molar-refractivity contribution is 5.90. The van der Waals surface area contributed by atoms with Crippen molar-refractivity contribution in [1.29, 1.82) is 0 Å². The van der Waals surface area contributed by atoms with E-state index in [1.54, 1.807) is 20.8 Å². The molecule has 0 atom stereocenters. The Morgan fingerprint density at radius 2 is 1.18 bits per heavy atom. The highest BCUT2D eigenvalue weighted by Gasteiger charge is 2.20. The summed E-state index contributed by atoms with van der Waals surface area (Å²) < 4.78 is 23.0. The molecule has 186 valence electrons. The van der Waals surface area contributed by atoms with Gasteiger partial charge in [0.15, 0.2) is 0 Å². The van der Waals surface area contributed by atoms with Crippen molar-refractivity contribution < 1.29 is 23.5 Å². The second kappa shape index (κ2) is 11.5. The van der Waals surface area contributed by atoms with Gasteiger partial charge in [-0.2, -0.15) is 0 Å². The first kappa shape index (κ1) is 27.3. The Morgan fingerprint density at radius 3 is 1.56 bits per heavy atom. The van der Waals surface area contributed by atoms with Crippen molar-refractivity contribution in [3.05, 3.63) is 65.5 Å². The van der Waals surface area contributed by atoms with Crippen molar-refractivity contribution in [1.82, 2.24) is 0 Å². The summed E-state index contributed by atoms with van der Waals surface area (Å²) >= 11 is 0. The fourth-order valence-corrected chi connectivity index (χ4v) is 3.23. The molecule has 2 aromatic carbocycles. The van der Waals surface area contributed by atoms with Crippen LogP contribution in [0.25, 0.3) is 0 Å². The van der Waals surface area contributed by atoms with Crippen molar-refractivity contribution in [2.24, 2.45) is 5.73 Å². The summed E-state index contributed by atoms with van der Waals surface area (Å²) in [6.45, 7) is 12.9. The summed E-state index contributed by atoms with van der Waals surface area (Å²) in [5, 5.41) is 0. The minimum absolute atomic E-state index is 0.273. The summed E-state index contributed by atoms with van der Waals surface area (Å²) in [4.78, 5) is 25.7. The normalized spacial score (nSPS) is 14.6. The zero-order chi connectivity index (χ0) is 25.5. The standard InChI is InChI=1S/C16H24N2O2.C11H13FO2/c1-16(2,3)20-15(19)12-4-6-14(7-5-12)18-10-8-13(17)9-11-18;1-11(2,3)14-10(13)8-4-6-9(12)7-5-8/h4-7,13H,8-11,17H2,1-3H3;4-7H,1-3H3. The molecule has 0 radical (unpaired) electrons. The van der Waals surface area contributed by atoms with E-state index < -0.39 is 17.2 Å². The van der Waals surface area contributed by atoms with Crippen LogP contribution in [0.2, 0.25) is 0 Å². The molecular weight excluding hydrogens is 435 g/mol. The molecule has 2 aromatic rings. The zero-order valence-electron chi connectivity index (χ0n) is 21.1. The van der Waals surface area contributed by atoms with E-state index >= 15 is 0 Å². The summed E-state index contributed by atoms with van der Waals surface area (Å²) in [5.41, 5.74) is 7.03. The number of hydrogen-bond donors (Lipinski definition) is 1. The predicted molar refractivity (Wildman–Crippen MR) is 133 cm³/mol. The first-order valence-corrected chi connectivity index (χ1v) is 11.6. The van der Waals surface area contributed by atoms with Crippen molar-refractivity contribution in [3.63, 3.8) is 0 Å². The van der Waals surface area contributed by atoms with Crippen molar-refractivity contribution in [3.8, 4) is 0 Å². The molecule has 1 aliphatic heterocycles. The number of piperidine rings is 1. The molecule has 1 fully saturated rings. The van der Waals surface area contributed by atoms with E-state index in [0.29, 0.717) is 17.2 Å². The van der Waals surface area contributed by atoms with Gasteiger partial charge in [-0.1, -0.05) is 0 Å². The van der Waals surface area contributed by atoms with E-state index in [4.69, 9.17) is 15.2 Å². The van der Waals surface area contributed by atoms with Crippen LogP contribution >= 0.6 is 0 Å². The van der Waals surface area contributed by atoms with Crippen LogP contribution in [0.1, 0.15) is 75.1 Å². The summed E-state index contributed by atoms with van der Waals surface area (Å²) in [6, 6.07) is 13.2. The van der Waals surface area contributed by atoms with Gasteiger partial charge >= 0.3 is 11.9 Å². The van der Waals surface area contributed by atoms with Crippen molar-refractivity contribution in [2.45, 2.75) is 71.6 Å². The fourth-order valence-electron chi connectivity index (χ4n) is 3.23. The fraction of sp³-hybridized carbons (Fsp3) is 0.481. The van der Waals surface area contributed by atoms with Gasteiger partial charge in [0.2, 0.25) is 0 Å². The van der Waals surface area contributed by atoms with Crippen LogP contribution in [0, 0.1) is 5.82 Å². The van der Waals surface area contributed by atoms with Gasteiger partial charge in [-0.25, -0.2) is 14.0 Å². The van der Waals surface area contributed by atoms with Crippen LogP contribution < -0.4 is 10.6 Å². The number of carbonyl (C=O) groups excluding carboxylic acids is 2. The highest BCUT2D eigenvalue weighted by Crippen LogP contribution is 2.21. The number of benzene rings is 2. The average molecular weight is 473 g/mol. The van der Waals surface area contributed by atoms with Gasteiger partial charge in [-0.3, -0.25) is 0 Å². The minimum atomic E-state index is -0.522. The van der Waals surface area contributed by atoms with Gasteiger partial charge in [0.05, 0.1) is 11.1 Å². The van der Waals surface area contributed by atoms with Gasteiger partial charge in [0.25, 0.3) is 0 Å². The van der Waals surface area contributed by atoms with Gasteiger partial charge in [0, 0.05) is 24.8 Å². The maximum atomic E-state index is 12.5. The minimum Gasteiger partial charge on any atom is -0.456 e. The SMILES string of the molecule is CC(C)(C)OC(=O)c1ccc(F)cc1.CC(C)(C)OC(=O)c1ccc(N2CCC(N)CC2)cc1. The smallest absolute Gasteiger partial charge is 0.338 e. The molecule has 1 aliphatic rings. The number of rotatable bonds is 3. The molecule has 0 aliphatic carbocycles. The lowest BCUT2D eigenvalue weighted by atomic mass is 10.1. The highest BCUT2D eigenvalue weighted by atomic mass is 19.1. The van der Waals surface area contributed by atoms with E-state index in [-0.39, 0.29) is 11.8 Å².